The van der Waals surface area contributed by atoms with Crippen LogP contribution in [0, 0.1) is 0 Å². The summed E-state index contributed by atoms with van der Waals surface area (Å²) in [5.41, 5.74) is 5.90. The molecule has 10 rings (SSSR count). The Morgan fingerprint density at radius 3 is 1.83 bits per heavy atom. The SMILES string of the molecule is c1ccc(N(c2ccc(-c3cc4ccccc4c4c3ccc3ccccc34)cc2)c2cccc3c2ccc2sc4ccccc4c23)cc1. The Morgan fingerprint density at radius 1 is 0.354 bits per heavy atom. The number of thiophene rings is 1. The summed E-state index contributed by atoms with van der Waals surface area (Å²) >= 11 is 1.87. The number of rotatable bonds is 4. The normalized spacial score (nSPS) is 11.8. The first kappa shape index (κ1) is 27.2. The second-order valence-corrected chi connectivity index (χ2v) is 13.6. The molecule has 0 amide bonds. The van der Waals surface area contributed by atoms with E-state index in [1.807, 2.05) is 11.3 Å². The fraction of sp³-hybridized carbons (Fsp3) is 0. The van der Waals surface area contributed by atoms with Crippen molar-refractivity contribution in [2.75, 3.05) is 4.90 Å². The maximum Gasteiger partial charge on any atom is 0.0540 e. The van der Waals surface area contributed by atoms with Crippen LogP contribution in [-0.4, -0.2) is 0 Å². The number of benzene rings is 9. The Hall–Kier alpha value is -5.96. The van der Waals surface area contributed by atoms with Crippen LogP contribution in [0.25, 0.3) is 74.4 Å². The lowest BCUT2D eigenvalue weighted by Crippen LogP contribution is -2.10. The number of hydrogen-bond acceptors (Lipinski definition) is 2. The highest BCUT2D eigenvalue weighted by molar-refractivity contribution is 7.26. The standard InChI is InChI=1S/C46H29NS/c1-2-13-33(14-3-1)47(42-19-10-18-38-37(42)27-28-44-46(38)40-17-8-9-20-43(40)48-44)34-24-21-31(22-25-34)41-29-32-12-5-7-16-36(32)45-35-15-6-4-11-30(35)23-26-39(41)45/h1-29H. The van der Waals surface area contributed by atoms with E-state index in [-0.39, 0.29) is 0 Å². The molecule has 0 aliphatic rings. The lowest BCUT2D eigenvalue weighted by molar-refractivity contribution is 1.30. The smallest absolute Gasteiger partial charge is 0.0540 e. The first-order valence-corrected chi connectivity index (χ1v) is 17.3. The Kier molecular flexibility index (Phi) is 6.12. The predicted molar refractivity (Wildman–Crippen MR) is 209 cm³/mol. The first-order valence-electron chi connectivity index (χ1n) is 16.4. The van der Waals surface area contributed by atoms with Crippen molar-refractivity contribution in [2.45, 2.75) is 0 Å². The van der Waals surface area contributed by atoms with E-state index in [9.17, 15) is 0 Å². The Bertz CT molecular complexity index is 2810. The van der Waals surface area contributed by atoms with Gasteiger partial charge in [-0.25, -0.2) is 0 Å². The fourth-order valence-electron chi connectivity index (χ4n) is 7.66. The van der Waals surface area contributed by atoms with Crippen LogP contribution in [0.5, 0.6) is 0 Å². The van der Waals surface area contributed by atoms with Crippen molar-refractivity contribution in [1.82, 2.24) is 0 Å². The Balaban J connectivity index is 1.17. The van der Waals surface area contributed by atoms with Gasteiger partial charge in [0.25, 0.3) is 0 Å². The molecule has 1 nitrogen and oxygen atoms in total. The highest BCUT2D eigenvalue weighted by Gasteiger charge is 2.18. The molecule has 0 aliphatic carbocycles. The molecule has 0 unspecified atom stereocenters. The molecule has 0 atom stereocenters. The molecule has 0 aliphatic heterocycles. The van der Waals surface area contributed by atoms with Crippen molar-refractivity contribution >= 4 is 91.7 Å². The minimum atomic E-state index is 1.13. The molecule has 0 radical (unpaired) electrons. The average Bonchev–Trinajstić information content (AvgIpc) is 3.55. The van der Waals surface area contributed by atoms with Crippen LogP contribution in [0.2, 0.25) is 0 Å². The van der Waals surface area contributed by atoms with Gasteiger partial charge in [-0.05, 0) is 97.4 Å². The molecule has 2 heteroatoms. The summed E-state index contributed by atoms with van der Waals surface area (Å²) in [6.45, 7) is 0. The predicted octanol–water partition coefficient (Wildman–Crippen LogP) is 13.8. The molecule has 48 heavy (non-hydrogen) atoms. The molecule has 0 spiro atoms. The first-order chi connectivity index (χ1) is 23.8. The summed E-state index contributed by atoms with van der Waals surface area (Å²) in [6, 6.07) is 64.4. The molecule has 1 aromatic heterocycles. The van der Waals surface area contributed by atoms with Crippen LogP contribution in [0.1, 0.15) is 0 Å². The van der Waals surface area contributed by atoms with E-state index in [2.05, 4.69) is 181 Å². The van der Waals surface area contributed by atoms with E-state index in [1.54, 1.807) is 0 Å². The number of anilines is 3. The Morgan fingerprint density at radius 2 is 1.00 bits per heavy atom. The van der Waals surface area contributed by atoms with Gasteiger partial charge in [0.1, 0.15) is 0 Å². The largest absolute Gasteiger partial charge is 0.310 e. The fourth-order valence-corrected chi connectivity index (χ4v) is 8.78. The average molecular weight is 628 g/mol. The van der Waals surface area contributed by atoms with E-state index in [0.29, 0.717) is 0 Å². The van der Waals surface area contributed by atoms with Gasteiger partial charge in [0.2, 0.25) is 0 Å². The van der Waals surface area contributed by atoms with Crippen LogP contribution >= 0.6 is 11.3 Å². The maximum atomic E-state index is 2.40. The van der Waals surface area contributed by atoms with Crippen LogP contribution < -0.4 is 4.90 Å². The van der Waals surface area contributed by atoms with Crippen molar-refractivity contribution in [3.63, 3.8) is 0 Å². The van der Waals surface area contributed by atoms with Crippen LogP contribution in [-0.2, 0) is 0 Å². The van der Waals surface area contributed by atoms with E-state index < -0.39 is 0 Å². The van der Waals surface area contributed by atoms with Gasteiger partial charge < -0.3 is 4.90 Å². The minimum absolute atomic E-state index is 1.13. The second-order valence-electron chi connectivity index (χ2n) is 12.5. The minimum Gasteiger partial charge on any atom is -0.310 e. The number of nitrogens with zero attached hydrogens (tertiary/aromatic N) is 1. The lowest BCUT2D eigenvalue weighted by atomic mass is 9.90. The molecule has 224 valence electrons. The van der Waals surface area contributed by atoms with Gasteiger partial charge in [-0.1, -0.05) is 127 Å². The number of hydrogen-bond donors (Lipinski definition) is 0. The summed E-state index contributed by atoms with van der Waals surface area (Å²) in [5.74, 6) is 0. The van der Waals surface area contributed by atoms with E-state index in [0.717, 1.165) is 11.4 Å². The summed E-state index contributed by atoms with van der Waals surface area (Å²) in [6.07, 6.45) is 0. The van der Waals surface area contributed by atoms with E-state index in [1.165, 1.54) is 80.1 Å². The van der Waals surface area contributed by atoms with E-state index in [4.69, 9.17) is 0 Å². The lowest BCUT2D eigenvalue weighted by Gasteiger charge is -2.27. The summed E-state index contributed by atoms with van der Waals surface area (Å²) < 4.78 is 2.65. The zero-order valence-electron chi connectivity index (χ0n) is 26.1. The molecule has 10 aromatic rings. The molecular formula is C46H29NS. The monoisotopic (exact) mass is 627 g/mol. The van der Waals surface area contributed by atoms with Gasteiger partial charge in [-0.3, -0.25) is 0 Å². The summed E-state index contributed by atoms with van der Waals surface area (Å²) in [7, 11) is 0. The van der Waals surface area contributed by atoms with Crippen molar-refractivity contribution in [3.05, 3.63) is 176 Å². The van der Waals surface area contributed by atoms with Gasteiger partial charge in [0, 0.05) is 36.9 Å². The third kappa shape index (κ3) is 4.17. The van der Waals surface area contributed by atoms with Crippen LogP contribution in [0.15, 0.2) is 176 Å². The van der Waals surface area contributed by atoms with Gasteiger partial charge >= 0.3 is 0 Å². The maximum absolute atomic E-state index is 2.40. The van der Waals surface area contributed by atoms with Crippen molar-refractivity contribution in [3.8, 4) is 11.1 Å². The number of fused-ring (bicyclic) bond motifs is 10. The molecule has 0 bridgehead atoms. The van der Waals surface area contributed by atoms with Crippen LogP contribution in [0.4, 0.5) is 17.1 Å². The number of para-hydroxylation sites is 1. The molecule has 0 N–H and O–H groups in total. The zero-order chi connectivity index (χ0) is 31.6. The van der Waals surface area contributed by atoms with Gasteiger partial charge in [-0.15, -0.1) is 11.3 Å². The molecule has 9 aromatic carbocycles. The zero-order valence-corrected chi connectivity index (χ0v) is 26.9. The summed E-state index contributed by atoms with van der Waals surface area (Å²) in [5, 5.41) is 12.9. The highest BCUT2D eigenvalue weighted by Crippen LogP contribution is 2.45. The third-order valence-corrected chi connectivity index (χ3v) is 11.0. The molecule has 0 fully saturated rings. The van der Waals surface area contributed by atoms with Crippen molar-refractivity contribution in [1.29, 1.82) is 0 Å². The quantitative estimate of drug-likeness (QED) is 0.176. The van der Waals surface area contributed by atoms with Gasteiger partial charge in [0.05, 0.1) is 5.69 Å². The molecule has 1 heterocycles. The van der Waals surface area contributed by atoms with Gasteiger partial charge in [0.15, 0.2) is 0 Å². The summed E-state index contributed by atoms with van der Waals surface area (Å²) in [4.78, 5) is 2.40. The molecule has 0 saturated heterocycles. The van der Waals surface area contributed by atoms with Crippen molar-refractivity contribution < 1.29 is 0 Å². The second kappa shape index (κ2) is 10.8. The van der Waals surface area contributed by atoms with Crippen LogP contribution in [0.3, 0.4) is 0 Å². The van der Waals surface area contributed by atoms with Gasteiger partial charge in [-0.2, -0.15) is 0 Å². The molecule has 0 saturated carbocycles. The topological polar surface area (TPSA) is 3.24 Å². The van der Waals surface area contributed by atoms with Crippen molar-refractivity contribution in [2.24, 2.45) is 0 Å². The van der Waals surface area contributed by atoms with E-state index >= 15 is 0 Å². The Labute approximate surface area is 282 Å². The molecular weight excluding hydrogens is 599 g/mol. The third-order valence-electron chi connectivity index (χ3n) is 9.82. The highest BCUT2D eigenvalue weighted by atomic mass is 32.1.